The molecule has 0 rings (SSSR count). The minimum Gasteiger partial charge on any atom is -0.0652 e. The smallest absolute Gasteiger partial charge is 0.0652 e. The Bertz CT molecular complexity index is 120. The fourth-order valence-electron chi connectivity index (χ4n) is 2.64. The van der Waals surface area contributed by atoms with Crippen LogP contribution in [0.5, 0.6) is 0 Å². The quantitative estimate of drug-likeness (QED) is 0.337. The summed E-state index contributed by atoms with van der Waals surface area (Å²) < 4.78 is 0. The maximum absolute atomic E-state index is 2.36. The monoisotopic (exact) mass is 290 g/mol. The van der Waals surface area contributed by atoms with Crippen molar-refractivity contribution in [2.24, 2.45) is 0 Å². The van der Waals surface area contributed by atoms with Crippen LogP contribution in [0.3, 0.4) is 0 Å². The molecule has 0 saturated carbocycles. The molecule has 0 amide bonds. The van der Waals surface area contributed by atoms with Gasteiger partial charge in [-0.25, -0.2) is 0 Å². The molecular weight excluding hydrogens is 254 g/mol. The van der Waals surface area contributed by atoms with E-state index in [2.05, 4.69) is 27.7 Å². The Morgan fingerprint density at radius 2 is 0.722 bits per heavy atom. The van der Waals surface area contributed by atoms with E-state index in [0.717, 1.165) is 0 Å². The average Bonchev–Trinajstić information content (AvgIpc) is 2.37. The predicted octanol–water partition coefficient (Wildman–Crippen LogP) is 7.07. The summed E-state index contributed by atoms with van der Waals surface area (Å²) in [5.74, 6) is 0. The number of hydrogen-bond acceptors (Lipinski definition) is 0. The van der Waals surface area contributed by atoms with E-state index < -0.39 is 7.26 Å². The van der Waals surface area contributed by atoms with E-state index in [1.165, 1.54) is 51.4 Å². The average molecular weight is 290 g/mol. The summed E-state index contributed by atoms with van der Waals surface area (Å²) in [4.78, 5) is 0. The van der Waals surface area contributed by atoms with Gasteiger partial charge >= 0.3 is 9.90 Å². The van der Waals surface area contributed by atoms with Gasteiger partial charge in [0.25, 0.3) is 0 Å². The van der Waals surface area contributed by atoms with Gasteiger partial charge in [0, 0.05) is 7.26 Å². The Morgan fingerprint density at radius 3 is 0.889 bits per heavy atom. The molecule has 0 aromatic rings. The number of hydrogen-bond donors (Lipinski definition) is 0. The van der Waals surface area contributed by atoms with Gasteiger partial charge in [-0.1, -0.05) is 53.4 Å². The third-order valence-electron chi connectivity index (χ3n) is 3.94. The molecule has 0 bridgehead atoms. The SMILES string of the molecule is CCCC[P+](CCCC)(CCCC)CCCC.[P+3]. The first-order valence-corrected chi connectivity index (χ1v) is 10.6. The Balaban J connectivity index is 0. The molecule has 0 heterocycles. The fourth-order valence-corrected chi connectivity index (χ4v) is 7.93. The summed E-state index contributed by atoms with van der Waals surface area (Å²) in [5.41, 5.74) is 0. The van der Waals surface area contributed by atoms with Crippen LogP contribution in [-0.2, 0) is 0 Å². The molecule has 0 saturated heterocycles. The van der Waals surface area contributed by atoms with Crippen molar-refractivity contribution in [3.63, 3.8) is 0 Å². The summed E-state index contributed by atoms with van der Waals surface area (Å²) in [6.45, 7) is 9.42. The second-order valence-corrected chi connectivity index (χ2v) is 10.1. The first-order chi connectivity index (χ1) is 8.24. The fraction of sp³-hybridized carbons (Fsp3) is 1.00. The molecule has 2 radical (unpaired) electrons. The molecule has 0 fully saturated rings. The van der Waals surface area contributed by atoms with Crippen LogP contribution in [0, 0.1) is 0 Å². The standard InChI is InChI=1S/C16H36P.P/c1-5-9-13-17(14-10-6-2,15-11-7-3)16-12-8-4;/h5-16H2,1-4H3;/q+1;+3. The van der Waals surface area contributed by atoms with Crippen molar-refractivity contribution in [1.29, 1.82) is 0 Å². The van der Waals surface area contributed by atoms with Gasteiger partial charge in [0.05, 0.1) is 24.6 Å². The Hall–Kier alpha value is 0.860. The van der Waals surface area contributed by atoms with Crippen molar-refractivity contribution in [1.82, 2.24) is 0 Å². The zero-order valence-corrected chi connectivity index (χ0v) is 15.2. The van der Waals surface area contributed by atoms with E-state index in [-0.39, 0.29) is 9.90 Å². The molecule has 106 valence electrons. The summed E-state index contributed by atoms with van der Waals surface area (Å²) in [7, 11) is -0.562. The van der Waals surface area contributed by atoms with E-state index in [9.17, 15) is 0 Å². The van der Waals surface area contributed by atoms with Crippen LogP contribution < -0.4 is 0 Å². The van der Waals surface area contributed by atoms with Crippen molar-refractivity contribution < 1.29 is 0 Å². The molecule has 0 spiro atoms. The molecule has 0 aromatic heterocycles. The maximum atomic E-state index is 2.36. The molecule has 0 atom stereocenters. The van der Waals surface area contributed by atoms with Gasteiger partial charge in [-0.05, 0) is 25.7 Å². The van der Waals surface area contributed by atoms with E-state index in [0.29, 0.717) is 0 Å². The molecule has 0 aromatic carbocycles. The second-order valence-electron chi connectivity index (χ2n) is 5.65. The van der Waals surface area contributed by atoms with Gasteiger partial charge in [0.1, 0.15) is 0 Å². The molecule has 0 aliphatic rings. The summed E-state index contributed by atoms with van der Waals surface area (Å²) >= 11 is 0. The third kappa shape index (κ3) is 9.75. The van der Waals surface area contributed by atoms with Crippen LogP contribution in [-0.4, -0.2) is 24.6 Å². The van der Waals surface area contributed by atoms with Gasteiger partial charge in [0.2, 0.25) is 0 Å². The number of unbranched alkanes of at least 4 members (excludes halogenated alkanes) is 4. The number of rotatable bonds is 12. The van der Waals surface area contributed by atoms with Crippen molar-refractivity contribution in [3.05, 3.63) is 0 Å². The van der Waals surface area contributed by atoms with Crippen LogP contribution in [0.15, 0.2) is 0 Å². The molecule has 2 heteroatoms. The summed E-state index contributed by atoms with van der Waals surface area (Å²) in [5, 5.41) is 0. The molecule has 0 nitrogen and oxygen atoms in total. The van der Waals surface area contributed by atoms with Crippen LogP contribution in [0.4, 0.5) is 0 Å². The summed E-state index contributed by atoms with van der Waals surface area (Å²) in [6, 6.07) is 0. The minimum absolute atomic E-state index is 0. The third-order valence-corrected chi connectivity index (χ3v) is 9.00. The normalized spacial score (nSPS) is 11.3. The Morgan fingerprint density at radius 1 is 0.500 bits per heavy atom. The first kappa shape index (κ1) is 21.2. The molecule has 0 N–H and O–H groups in total. The van der Waals surface area contributed by atoms with E-state index in [1.54, 1.807) is 24.6 Å². The van der Waals surface area contributed by atoms with Crippen LogP contribution in [0.1, 0.15) is 79.1 Å². The largest absolute Gasteiger partial charge is 3.00 e. The first-order valence-electron chi connectivity index (χ1n) is 8.09. The van der Waals surface area contributed by atoms with Crippen LogP contribution >= 0.6 is 17.2 Å². The molecule has 18 heavy (non-hydrogen) atoms. The van der Waals surface area contributed by atoms with E-state index >= 15 is 0 Å². The van der Waals surface area contributed by atoms with E-state index in [1.807, 2.05) is 0 Å². The zero-order chi connectivity index (χ0) is 13.0. The summed E-state index contributed by atoms with van der Waals surface area (Å²) in [6.07, 6.45) is 17.9. The van der Waals surface area contributed by atoms with E-state index in [4.69, 9.17) is 0 Å². The molecular formula is C16H36P2+4. The second kappa shape index (κ2) is 14.3. The van der Waals surface area contributed by atoms with Crippen LogP contribution in [0.2, 0.25) is 0 Å². The molecule has 0 unspecified atom stereocenters. The van der Waals surface area contributed by atoms with Crippen molar-refractivity contribution >= 4 is 17.2 Å². The van der Waals surface area contributed by atoms with Gasteiger partial charge in [-0.15, -0.1) is 0 Å². The van der Waals surface area contributed by atoms with Gasteiger partial charge in [0.15, 0.2) is 0 Å². The Labute approximate surface area is 121 Å². The van der Waals surface area contributed by atoms with Crippen molar-refractivity contribution in [2.75, 3.05) is 24.6 Å². The topological polar surface area (TPSA) is 0 Å². The Kier molecular flexibility index (Phi) is 16.8. The van der Waals surface area contributed by atoms with Gasteiger partial charge in [-0.2, -0.15) is 0 Å². The molecule has 0 aliphatic carbocycles. The van der Waals surface area contributed by atoms with Crippen LogP contribution in [0.25, 0.3) is 0 Å². The van der Waals surface area contributed by atoms with Gasteiger partial charge < -0.3 is 0 Å². The van der Waals surface area contributed by atoms with Gasteiger partial charge in [-0.3, -0.25) is 0 Å². The van der Waals surface area contributed by atoms with Crippen molar-refractivity contribution in [2.45, 2.75) is 79.1 Å². The predicted molar refractivity (Wildman–Crippen MR) is 92.9 cm³/mol. The maximum Gasteiger partial charge on any atom is 3.00 e. The zero-order valence-electron chi connectivity index (χ0n) is 13.4. The molecule has 0 aliphatic heterocycles. The van der Waals surface area contributed by atoms with Crippen molar-refractivity contribution in [3.8, 4) is 0 Å². The minimum atomic E-state index is -0.562.